The van der Waals surface area contributed by atoms with Crippen molar-refractivity contribution >= 4 is 17.6 Å². The van der Waals surface area contributed by atoms with Gasteiger partial charge in [-0.1, -0.05) is 37.1 Å². The molecule has 1 aliphatic rings. The highest BCUT2D eigenvalue weighted by Gasteiger charge is 2.35. The summed E-state index contributed by atoms with van der Waals surface area (Å²) in [5, 5.41) is 0.737. The van der Waals surface area contributed by atoms with Crippen LogP contribution in [0.25, 0.3) is 0 Å². The molecule has 2 unspecified atom stereocenters. The molecule has 0 radical (unpaired) electrons. The monoisotopic (exact) mass is 280 g/mol. The molecule has 1 aromatic rings. The van der Waals surface area contributed by atoms with Crippen molar-refractivity contribution in [1.29, 1.82) is 0 Å². The van der Waals surface area contributed by atoms with Crippen LogP contribution in [0.1, 0.15) is 44.1 Å². The van der Waals surface area contributed by atoms with E-state index in [2.05, 4.69) is 6.92 Å². The Labute approximate surface area is 120 Å². The van der Waals surface area contributed by atoms with E-state index in [1.54, 1.807) is 0 Å². The average Bonchev–Trinajstić information content (AvgIpc) is 2.46. The Bertz CT molecular complexity index is 427. The number of ether oxygens (including phenoxy) is 1. The molecule has 0 saturated heterocycles. The fourth-order valence-corrected chi connectivity index (χ4v) is 3.27. The molecule has 2 nitrogen and oxygen atoms in total. The lowest BCUT2D eigenvalue weighted by molar-refractivity contribution is -0.147. The Hall–Kier alpha value is -1.02. The van der Waals surface area contributed by atoms with Crippen molar-refractivity contribution < 1.29 is 9.53 Å². The smallest absolute Gasteiger partial charge is 0.309 e. The third-order valence-electron chi connectivity index (χ3n) is 4.34. The molecule has 1 saturated carbocycles. The summed E-state index contributed by atoms with van der Waals surface area (Å²) in [6, 6.07) is 7.89. The molecule has 3 atom stereocenters. The zero-order valence-corrected chi connectivity index (χ0v) is 12.3. The predicted octanol–water partition coefficient (Wildman–Crippen LogP) is 4.42. The number of rotatable bonds is 3. The number of hydrogen-bond acceptors (Lipinski definition) is 2. The van der Waals surface area contributed by atoms with E-state index in [1.807, 2.05) is 24.3 Å². The first-order valence-corrected chi connectivity index (χ1v) is 7.36. The van der Waals surface area contributed by atoms with Crippen LogP contribution in [-0.4, -0.2) is 13.1 Å². The Kier molecular flexibility index (Phi) is 4.87. The maximum Gasteiger partial charge on any atom is 0.309 e. The molecule has 0 bridgehead atoms. The van der Waals surface area contributed by atoms with Gasteiger partial charge >= 0.3 is 5.97 Å². The standard InChI is InChI=1S/C16H21ClO2/c1-3-11-4-9-14(16(18)19-2)15(10-11)12-5-7-13(17)8-6-12/h5-8,11,14-15H,3-4,9-10H2,1-2H3/t11?,14?,15-/m0/s1. The van der Waals surface area contributed by atoms with Crippen LogP contribution in [0.4, 0.5) is 0 Å². The fourth-order valence-electron chi connectivity index (χ4n) is 3.14. The van der Waals surface area contributed by atoms with Gasteiger partial charge in [-0.25, -0.2) is 0 Å². The van der Waals surface area contributed by atoms with Crippen molar-refractivity contribution in [2.45, 2.75) is 38.5 Å². The van der Waals surface area contributed by atoms with Crippen molar-refractivity contribution in [3.63, 3.8) is 0 Å². The van der Waals surface area contributed by atoms with Gasteiger partial charge in [0.2, 0.25) is 0 Å². The third-order valence-corrected chi connectivity index (χ3v) is 4.59. The number of halogens is 1. The largest absolute Gasteiger partial charge is 0.469 e. The van der Waals surface area contributed by atoms with Gasteiger partial charge in [0.15, 0.2) is 0 Å². The minimum Gasteiger partial charge on any atom is -0.469 e. The zero-order valence-electron chi connectivity index (χ0n) is 11.6. The summed E-state index contributed by atoms with van der Waals surface area (Å²) in [6.07, 6.45) is 4.30. The molecule has 0 aliphatic heterocycles. The second-order valence-electron chi connectivity index (χ2n) is 5.38. The van der Waals surface area contributed by atoms with Crippen LogP contribution in [0.5, 0.6) is 0 Å². The highest BCUT2D eigenvalue weighted by atomic mass is 35.5. The molecule has 2 rings (SSSR count). The molecule has 1 aliphatic carbocycles. The maximum atomic E-state index is 12.0. The molecule has 3 heteroatoms. The molecule has 0 spiro atoms. The second kappa shape index (κ2) is 6.42. The second-order valence-corrected chi connectivity index (χ2v) is 5.81. The van der Waals surface area contributed by atoms with Crippen molar-refractivity contribution in [3.05, 3.63) is 34.9 Å². The van der Waals surface area contributed by atoms with Gasteiger partial charge < -0.3 is 4.74 Å². The molecule has 1 fully saturated rings. The lowest BCUT2D eigenvalue weighted by Gasteiger charge is -2.34. The number of carbonyl (C=O) groups is 1. The van der Waals surface area contributed by atoms with Crippen LogP contribution in [0.3, 0.4) is 0 Å². The minimum atomic E-state index is -0.0745. The minimum absolute atomic E-state index is 0.00558. The Morgan fingerprint density at radius 1 is 1.32 bits per heavy atom. The lowest BCUT2D eigenvalue weighted by atomic mass is 9.70. The van der Waals surface area contributed by atoms with E-state index in [0.717, 1.165) is 24.3 Å². The van der Waals surface area contributed by atoms with Gasteiger partial charge in [-0.05, 0) is 48.8 Å². The van der Waals surface area contributed by atoms with Gasteiger partial charge in [0.05, 0.1) is 13.0 Å². The van der Waals surface area contributed by atoms with Crippen LogP contribution in [0.2, 0.25) is 5.02 Å². The van der Waals surface area contributed by atoms with Gasteiger partial charge in [-0.2, -0.15) is 0 Å². The molecule has 0 N–H and O–H groups in total. The summed E-state index contributed by atoms with van der Waals surface area (Å²) < 4.78 is 4.97. The first-order valence-electron chi connectivity index (χ1n) is 6.99. The van der Waals surface area contributed by atoms with Gasteiger partial charge in [-0.15, -0.1) is 0 Å². The first-order chi connectivity index (χ1) is 9.15. The SMILES string of the molecule is CCC1CCC(C(=O)OC)[C@H](c2ccc(Cl)cc2)C1. The number of benzene rings is 1. The van der Waals surface area contributed by atoms with E-state index in [-0.39, 0.29) is 17.8 Å². The Morgan fingerprint density at radius 2 is 2.00 bits per heavy atom. The molecule has 0 aromatic heterocycles. The molecule has 0 amide bonds. The highest BCUT2D eigenvalue weighted by molar-refractivity contribution is 6.30. The zero-order chi connectivity index (χ0) is 13.8. The Morgan fingerprint density at radius 3 is 2.58 bits per heavy atom. The summed E-state index contributed by atoms with van der Waals surface area (Å²) in [5.74, 6) is 0.897. The maximum absolute atomic E-state index is 12.0. The summed E-state index contributed by atoms with van der Waals surface area (Å²) in [5.41, 5.74) is 1.21. The summed E-state index contributed by atoms with van der Waals surface area (Å²) in [6.45, 7) is 2.22. The van der Waals surface area contributed by atoms with Crippen LogP contribution in [-0.2, 0) is 9.53 Å². The first kappa shape index (κ1) is 14.4. The summed E-state index contributed by atoms with van der Waals surface area (Å²) in [4.78, 5) is 12.0. The van der Waals surface area contributed by atoms with E-state index in [9.17, 15) is 4.79 Å². The predicted molar refractivity (Wildman–Crippen MR) is 77.3 cm³/mol. The number of carbonyl (C=O) groups excluding carboxylic acids is 1. The van der Waals surface area contributed by atoms with Crippen molar-refractivity contribution in [2.24, 2.45) is 11.8 Å². The van der Waals surface area contributed by atoms with Crippen LogP contribution >= 0.6 is 11.6 Å². The molecular weight excluding hydrogens is 260 g/mol. The highest BCUT2D eigenvalue weighted by Crippen LogP contribution is 2.42. The van der Waals surface area contributed by atoms with E-state index in [1.165, 1.54) is 19.1 Å². The molecular formula is C16H21ClO2. The van der Waals surface area contributed by atoms with Gasteiger partial charge in [0.25, 0.3) is 0 Å². The number of esters is 1. The van der Waals surface area contributed by atoms with Gasteiger partial charge in [-0.3, -0.25) is 4.79 Å². The van der Waals surface area contributed by atoms with Crippen molar-refractivity contribution in [2.75, 3.05) is 7.11 Å². The quantitative estimate of drug-likeness (QED) is 0.766. The fraction of sp³-hybridized carbons (Fsp3) is 0.562. The van der Waals surface area contributed by atoms with E-state index in [4.69, 9.17) is 16.3 Å². The van der Waals surface area contributed by atoms with Crippen LogP contribution in [0, 0.1) is 11.8 Å². The van der Waals surface area contributed by atoms with Crippen LogP contribution < -0.4 is 0 Å². The number of hydrogen-bond donors (Lipinski definition) is 0. The van der Waals surface area contributed by atoms with Crippen molar-refractivity contribution in [1.82, 2.24) is 0 Å². The molecule has 1 aromatic carbocycles. The lowest BCUT2D eigenvalue weighted by Crippen LogP contribution is -2.30. The molecule has 19 heavy (non-hydrogen) atoms. The molecule has 0 heterocycles. The van der Waals surface area contributed by atoms with Gasteiger partial charge in [0, 0.05) is 5.02 Å². The van der Waals surface area contributed by atoms with Crippen LogP contribution in [0.15, 0.2) is 24.3 Å². The normalized spacial score (nSPS) is 27.0. The molecule has 104 valence electrons. The topological polar surface area (TPSA) is 26.3 Å². The van der Waals surface area contributed by atoms with E-state index in [0.29, 0.717) is 5.92 Å². The summed E-state index contributed by atoms with van der Waals surface area (Å²) >= 11 is 5.94. The van der Waals surface area contributed by atoms with Gasteiger partial charge in [0.1, 0.15) is 0 Å². The van der Waals surface area contributed by atoms with Crippen molar-refractivity contribution in [3.8, 4) is 0 Å². The van der Waals surface area contributed by atoms with E-state index < -0.39 is 0 Å². The average molecular weight is 281 g/mol. The van der Waals surface area contributed by atoms with E-state index >= 15 is 0 Å². The summed E-state index contributed by atoms with van der Waals surface area (Å²) in [7, 11) is 1.48. The Balaban J connectivity index is 2.24. The number of methoxy groups -OCH3 is 1. The third kappa shape index (κ3) is 3.30.